The van der Waals surface area contributed by atoms with E-state index in [0.29, 0.717) is 36.8 Å². The average Bonchev–Trinajstić information content (AvgIpc) is 3.10. The number of rotatable bonds is 8. The Morgan fingerprint density at radius 2 is 1.82 bits per heavy atom. The van der Waals surface area contributed by atoms with Crippen molar-refractivity contribution in [1.82, 2.24) is 14.8 Å². The van der Waals surface area contributed by atoms with Gasteiger partial charge in [-0.15, -0.1) is 0 Å². The Bertz CT molecular complexity index is 1080. The van der Waals surface area contributed by atoms with Gasteiger partial charge in [0.25, 0.3) is 5.91 Å². The van der Waals surface area contributed by atoms with E-state index >= 15 is 0 Å². The SMILES string of the molecule is CCOc1cc(C(=O)N2CCCN(Cc3ccc(Cl)cc3)CC2)ccc1OCc1cccnc1. The molecule has 1 aromatic heterocycles. The molecule has 0 atom stereocenters. The van der Waals surface area contributed by atoms with Crippen molar-refractivity contribution in [2.24, 2.45) is 0 Å². The quantitative estimate of drug-likeness (QED) is 0.452. The van der Waals surface area contributed by atoms with Crippen LogP contribution in [0.5, 0.6) is 11.5 Å². The minimum absolute atomic E-state index is 0.0214. The first-order valence-corrected chi connectivity index (χ1v) is 12.0. The van der Waals surface area contributed by atoms with Crippen LogP contribution in [0.25, 0.3) is 0 Å². The van der Waals surface area contributed by atoms with Crippen LogP contribution in [0.3, 0.4) is 0 Å². The summed E-state index contributed by atoms with van der Waals surface area (Å²) >= 11 is 6.00. The fourth-order valence-electron chi connectivity index (χ4n) is 4.04. The zero-order valence-electron chi connectivity index (χ0n) is 19.5. The van der Waals surface area contributed by atoms with Gasteiger partial charge in [-0.05, 0) is 55.3 Å². The Labute approximate surface area is 206 Å². The molecule has 4 rings (SSSR count). The van der Waals surface area contributed by atoms with Crippen molar-refractivity contribution < 1.29 is 14.3 Å². The molecule has 2 aromatic carbocycles. The molecule has 178 valence electrons. The number of aromatic nitrogens is 1. The fraction of sp³-hybridized carbons (Fsp3) is 0.333. The molecule has 0 radical (unpaired) electrons. The molecule has 0 spiro atoms. The summed E-state index contributed by atoms with van der Waals surface area (Å²) in [7, 11) is 0. The molecule has 3 aromatic rings. The second-order valence-electron chi connectivity index (χ2n) is 8.29. The normalized spacial score (nSPS) is 14.5. The van der Waals surface area contributed by atoms with Gasteiger partial charge in [0, 0.05) is 61.3 Å². The summed E-state index contributed by atoms with van der Waals surface area (Å²) in [5, 5.41) is 0.747. The number of hydrogen-bond donors (Lipinski definition) is 0. The van der Waals surface area contributed by atoms with Crippen LogP contribution in [0.4, 0.5) is 0 Å². The van der Waals surface area contributed by atoms with E-state index in [-0.39, 0.29) is 5.91 Å². The highest BCUT2D eigenvalue weighted by atomic mass is 35.5. The molecule has 0 N–H and O–H groups in total. The minimum Gasteiger partial charge on any atom is -0.490 e. The number of halogens is 1. The molecule has 2 heterocycles. The molecule has 0 unspecified atom stereocenters. The van der Waals surface area contributed by atoms with E-state index in [0.717, 1.165) is 43.2 Å². The smallest absolute Gasteiger partial charge is 0.254 e. The summed E-state index contributed by atoms with van der Waals surface area (Å²) < 4.78 is 11.7. The molecule has 6 nitrogen and oxygen atoms in total. The van der Waals surface area contributed by atoms with Crippen LogP contribution in [0.2, 0.25) is 5.02 Å². The van der Waals surface area contributed by atoms with Gasteiger partial charge in [0.2, 0.25) is 0 Å². The van der Waals surface area contributed by atoms with Crippen molar-refractivity contribution >= 4 is 17.5 Å². The maximum Gasteiger partial charge on any atom is 0.254 e. The van der Waals surface area contributed by atoms with E-state index < -0.39 is 0 Å². The van der Waals surface area contributed by atoms with Gasteiger partial charge in [-0.25, -0.2) is 0 Å². The molecule has 0 aliphatic carbocycles. The maximum atomic E-state index is 13.3. The summed E-state index contributed by atoms with van der Waals surface area (Å²) in [6, 6.07) is 17.2. The largest absolute Gasteiger partial charge is 0.490 e. The van der Waals surface area contributed by atoms with Crippen molar-refractivity contribution in [1.29, 1.82) is 0 Å². The lowest BCUT2D eigenvalue weighted by Crippen LogP contribution is -2.35. The lowest BCUT2D eigenvalue weighted by Gasteiger charge is -2.22. The molecule has 1 aliphatic heterocycles. The van der Waals surface area contributed by atoms with Gasteiger partial charge < -0.3 is 14.4 Å². The number of carbonyl (C=O) groups excluding carboxylic acids is 1. The molecule has 0 bridgehead atoms. The third kappa shape index (κ3) is 6.49. The first-order valence-electron chi connectivity index (χ1n) is 11.7. The fourth-order valence-corrected chi connectivity index (χ4v) is 4.16. The van der Waals surface area contributed by atoms with Gasteiger partial charge in [-0.2, -0.15) is 0 Å². The molecule has 0 saturated carbocycles. The van der Waals surface area contributed by atoms with Crippen LogP contribution >= 0.6 is 11.6 Å². The number of amides is 1. The highest BCUT2D eigenvalue weighted by Crippen LogP contribution is 2.30. The highest BCUT2D eigenvalue weighted by Gasteiger charge is 2.22. The summed E-state index contributed by atoms with van der Waals surface area (Å²) in [5.41, 5.74) is 2.81. The zero-order chi connectivity index (χ0) is 23.8. The first-order chi connectivity index (χ1) is 16.6. The monoisotopic (exact) mass is 479 g/mol. The summed E-state index contributed by atoms with van der Waals surface area (Å²) in [4.78, 5) is 21.7. The Hall–Kier alpha value is -3.09. The van der Waals surface area contributed by atoms with Crippen molar-refractivity contribution in [3.8, 4) is 11.5 Å². The predicted octanol–water partition coefficient (Wildman–Crippen LogP) is 5.06. The number of ether oxygens (including phenoxy) is 2. The number of hydrogen-bond acceptors (Lipinski definition) is 5. The molecule has 7 heteroatoms. The van der Waals surface area contributed by atoms with Crippen molar-refractivity contribution in [3.63, 3.8) is 0 Å². The van der Waals surface area contributed by atoms with Crippen molar-refractivity contribution in [2.75, 3.05) is 32.8 Å². The topological polar surface area (TPSA) is 54.9 Å². The minimum atomic E-state index is 0.0214. The molecule has 34 heavy (non-hydrogen) atoms. The van der Waals surface area contributed by atoms with E-state index in [9.17, 15) is 4.79 Å². The number of carbonyl (C=O) groups is 1. The Morgan fingerprint density at radius 3 is 2.59 bits per heavy atom. The number of pyridine rings is 1. The van der Waals surface area contributed by atoms with E-state index in [1.165, 1.54) is 5.56 Å². The van der Waals surface area contributed by atoms with Crippen LogP contribution in [0, 0.1) is 0 Å². The summed E-state index contributed by atoms with van der Waals surface area (Å²) in [6.45, 7) is 6.87. The van der Waals surface area contributed by atoms with E-state index in [1.54, 1.807) is 18.5 Å². The van der Waals surface area contributed by atoms with Gasteiger partial charge in [-0.3, -0.25) is 14.7 Å². The Kier molecular flexibility index (Phi) is 8.39. The molecular formula is C27H30ClN3O3. The highest BCUT2D eigenvalue weighted by molar-refractivity contribution is 6.30. The maximum absolute atomic E-state index is 13.3. The predicted molar refractivity (Wildman–Crippen MR) is 133 cm³/mol. The Morgan fingerprint density at radius 1 is 0.971 bits per heavy atom. The van der Waals surface area contributed by atoms with Crippen molar-refractivity contribution in [2.45, 2.75) is 26.5 Å². The zero-order valence-corrected chi connectivity index (χ0v) is 20.2. The van der Waals surface area contributed by atoms with Gasteiger partial charge >= 0.3 is 0 Å². The van der Waals surface area contributed by atoms with Gasteiger partial charge in [0.1, 0.15) is 6.61 Å². The standard InChI is InChI=1S/C27H30ClN3O3/c1-2-33-26-17-23(8-11-25(26)34-20-22-5-3-12-29-18-22)27(32)31-14-4-13-30(15-16-31)19-21-6-9-24(28)10-7-21/h3,5-12,17-18H,2,4,13-16,19-20H2,1H3. The van der Waals surface area contributed by atoms with Crippen LogP contribution in [-0.4, -0.2) is 53.5 Å². The third-order valence-corrected chi connectivity index (χ3v) is 6.05. The first kappa shape index (κ1) is 24.0. The summed E-state index contributed by atoms with van der Waals surface area (Å²) in [6.07, 6.45) is 4.44. The lowest BCUT2D eigenvalue weighted by molar-refractivity contribution is 0.0760. The molecule has 1 amide bonds. The average molecular weight is 480 g/mol. The third-order valence-electron chi connectivity index (χ3n) is 5.80. The summed E-state index contributed by atoms with van der Waals surface area (Å²) in [5.74, 6) is 1.22. The van der Waals surface area contributed by atoms with Crippen molar-refractivity contribution in [3.05, 3.63) is 88.7 Å². The van der Waals surface area contributed by atoms with E-state index in [2.05, 4.69) is 22.0 Å². The Balaban J connectivity index is 1.39. The second-order valence-corrected chi connectivity index (χ2v) is 8.73. The van der Waals surface area contributed by atoms with Crippen LogP contribution in [0.1, 0.15) is 34.8 Å². The lowest BCUT2D eigenvalue weighted by atomic mass is 10.1. The molecular weight excluding hydrogens is 450 g/mol. The van der Waals surface area contributed by atoms with Gasteiger partial charge in [0.05, 0.1) is 6.61 Å². The molecule has 1 fully saturated rings. The molecule has 1 saturated heterocycles. The van der Waals surface area contributed by atoms with E-state index in [4.69, 9.17) is 21.1 Å². The van der Waals surface area contributed by atoms with Gasteiger partial charge in [0.15, 0.2) is 11.5 Å². The van der Waals surface area contributed by atoms with Gasteiger partial charge in [-0.1, -0.05) is 29.8 Å². The molecule has 1 aliphatic rings. The second kappa shape index (κ2) is 11.9. The van der Waals surface area contributed by atoms with E-state index in [1.807, 2.05) is 48.2 Å². The number of nitrogens with zero attached hydrogens (tertiary/aromatic N) is 3. The van der Waals surface area contributed by atoms with Crippen LogP contribution in [-0.2, 0) is 13.2 Å². The van der Waals surface area contributed by atoms with Crippen LogP contribution in [0.15, 0.2) is 67.0 Å². The van der Waals surface area contributed by atoms with Crippen LogP contribution < -0.4 is 9.47 Å². The number of benzene rings is 2.